The summed E-state index contributed by atoms with van der Waals surface area (Å²) in [5.41, 5.74) is 1.97. The third-order valence-electron chi connectivity index (χ3n) is 6.55. The van der Waals surface area contributed by atoms with Gasteiger partial charge in [0.25, 0.3) is 0 Å². The van der Waals surface area contributed by atoms with Crippen LogP contribution in [0.3, 0.4) is 0 Å². The van der Waals surface area contributed by atoms with Gasteiger partial charge in [0.05, 0.1) is 12.2 Å². The number of nitrogens with one attached hydrogen (secondary N) is 1. The zero-order valence-electron chi connectivity index (χ0n) is 17.5. The van der Waals surface area contributed by atoms with Gasteiger partial charge in [0.15, 0.2) is 0 Å². The Labute approximate surface area is 173 Å². The average molecular weight is 400 g/mol. The lowest BCUT2D eigenvalue weighted by Crippen LogP contribution is -2.51. The first-order chi connectivity index (χ1) is 14.1. The molecular formula is C23H33N3O3. The van der Waals surface area contributed by atoms with Gasteiger partial charge in [-0.25, -0.2) is 4.79 Å². The fraction of sp³-hybridized carbons (Fsp3) is 0.652. The highest BCUT2D eigenvalue weighted by Gasteiger charge is 2.32. The molecule has 158 valence electrons. The number of hydrogen-bond acceptors (Lipinski definition) is 3. The van der Waals surface area contributed by atoms with E-state index in [1.165, 1.54) is 25.7 Å². The molecule has 2 aliphatic heterocycles. The number of piperidine rings is 1. The van der Waals surface area contributed by atoms with E-state index in [-0.39, 0.29) is 17.9 Å². The molecule has 0 radical (unpaired) electrons. The van der Waals surface area contributed by atoms with E-state index in [2.05, 4.69) is 5.32 Å². The normalized spacial score (nSPS) is 21.1. The summed E-state index contributed by atoms with van der Waals surface area (Å²) >= 11 is 0. The summed E-state index contributed by atoms with van der Waals surface area (Å²) in [6.45, 7) is 4.38. The lowest BCUT2D eigenvalue weighted by Gasteiger charge is -2.37. The molecule has 0 aromatic heterocycles. The number of likely N-dealkylation sites (tertiary alicyclic amines) is 1. The molecule has 3 amide bonds. The molecular weight excluding hydrogens is 366 g/mol. The number of rotatable bonds is 2. The van der Waals surface area contributed by atoms with Gasteiger partial charge in [-0.1, -0.05) is 31.7 Å². The molecule has 0 bridgehead atoms. The maximum Gasteiger partial charge on any atom is 0.324 e. The molecule has 6 heteroatoms. The number of nitrogens with zero attached hydrogens (tertiary/aromatic N) is 2. The van der Waals surface area contributed by atoms with E-state index < -0.39 is 0 Å². The molecule has 1 N–H and O–H groups in total. The van der Waals surface area contributed by atoms with Crippen LogP contribution in [0.15, 0.2) is 18.2 Å². The van der Waals surface area contributed by atoms with Crippen LogP contribution in [0.2, 0.25) is 0 Å². The molecule has 2 fully saturated rings. The number of ether oxygens (including phenoxy) is 1. The minimum atomic E-state index is 0.0292. The highest BCUT2D eigenvalue weighted by Crippen LogP contribution is 2.33. The average Bonchev–Trinajstić information content (AvgIpc) is 3.01. The fourth-order valence-corrected chi connectivity index (χ4v) is 4.77. The van der Waals surface area contributed by atoms with Crippen LogP contribution in [0.25, 0.3) is 0 Å². The standard InChI is InChI=1S/C23H33N3O3/c1-17-8-9-21-20(16-17)26(14-15-29-21)23(28)25-12-10-18(11-13-25)22(27)24-19-6-4-2-3-5-7-19/h8-9,16,18-19H,2-7,10-15H2,1H3,(H,24,27). The van der Waals surface area contributed by atoms with Crippen LogP contribution < -0.4 is 15.0 Å². The summed E-state index contributed by atoms with van der Waals surface area (Å²) in [6.07, 6.45) is 8.73. The molecule has 0 spiro atoms. The number of hydrogen-bond donors (Lipinski definition) is 1. The third-order valence-corrected chi connectivity index (χ3v) is 6.55. The maximum absolute atomic E-state index is 13.2. The summed E-state index contributed by atoms with van der Waals surface area (Å²) in [6, 6.07) is 6.33. The van der Waals surface area contributed by atoms with Crippen molar-refractivity contribution in [3.05, 3.63) is 23.8 Å². The highest BCUT2D eigenvalue weighted by molar-refractivity contribution is 5.94. The molecule has 6 nitrogen and oxygen atoms in total. The molecule has 1 aliphatic carbocycles. The molecule has 1 saturated heterocycles. The molecule has 1 aromatic carbocycles. The second kappa shape index (κ2) is 9.06. The topological polar surface area (TPSA) is 61.9 Å². The van der Waals surface area contributed by atoms with E-state index in [0.717, 1.165) is 42.7 Å². The van der Waals surface area contributed by atoms with Crippen LogP contribution in [0, 0.1) is 12.8 Å². The number of carbonyl (C=O) groups excluding carboxylic acids is 2. The van der Waals surface area contributed by atoms with Gasteiger partial charge < -0.3 is 15.0 Å². The van der Waals surface area contributed by atoms with Crippen molar-refractivity contribution in [2.75, 3.05) is 31.1 Å². The second-order valence-electron chi connectivity index (χ2n) is 8.71. The summed E-state index contributed by atoms with van der Waals surface area (Å²) in [5, 5.41) is 3.29. The SMILES string of the molecule is Cc1ccc2c(c1)N(C(=O)N1CCC(C(=O)NC3CCCCCC3)CC1)CCO2. The summed E-state index contributed by atoms with van der Waals surface area (Å²) in [4.78, 5) is 29.6. The van der Waals surface area contributed by atoms with Crippen molar-refractivity contribution in [3.63, 3.8) is 0 Å². The lowest BCUT2D eigenvalue weighted by molar-refractivity contribution is -0.127. The second-order valence-corrected chi connectivity index (χ2v) is 8.71. The van der Waals surface area contributed by atoms with Gasteiger partial charge in [-0.05, 0) is 50.3 Å². The molecule has 1 saturated carbocycles. The quantitative estimate of drug-likeness (QED) is 0.768. The van der Waals surface area contributed by atoms with Crippen molar-refractivity contribution >= 4 is 17.6 Å². The third kappa shape index (κ3) is 4.68. The molecule has 4 rings (SSSR count). The molecule has 0 unspecified atom stereocenters. The number of anilines is 1. The van der Waals surface area contributed by atoms with E-state index in [0.29, 0.717) is 32.3 Å². The first-order valence-electron chi connectivity index (χ1n) is 11.2. The zero-order valence-corrected chi connectivity index (χ0v) is 17.5. The van der Waals surface area contributed by atoms with Crippen LogP contribution in [-0.2, 0) is 4.79 Å². The van der Waals surface area contributed by atoms with Crippen LogP contribution in [0.5, 0.6) is 5.75 Å². The van der Waals surface area contributed by atoms with Gasteiger partial charge in [0.1, 0.15) is 12.4 Å². The Morgan fingerprint density at radius 2 is 1.72 bits per heavy atom. The Morgan fingerprint density at radius 3 is 2.45 bits per heavy atom. The van der Waals surface area contributed by atoms with Crippen molar-refractivity contribution in [2.45, 2.75) is 64.3 Å². The maximum atomic E-state index is 13.2. The van der Waals surface area contributed by atoms with Crippen molar-refractivity contribution in [3.8, 4) is 5.75 Å². The van der Waals surface area contributed by atoms with Crippen LogP contribution >= 0.6 is 0 Å². The first kappa shape index (κ1) is 20.0. The number of fused-ring (bicyclic) bond motifs is 1. The molecule has 1 aromatic rings. The van der Waals surface area contributed by atoms with Crippen molar-refractivity contribution in [1.82, 2.24) is 10.2 Å². The largest absolute Gasteiger partial charge is 0.490 e. The minimum Gasteiger partial charge on any atom is -0.490 e. The number of urea groups is 1. The Kier molecular flexibility index (Phi) is 6.26. The summed E-state index contributed by atoms with van der Waals surface area (Å²) in [5.74, 6) is 0.991. The molecule has 3 aliphatic rings. The molecule has 0 atom stereocenters. The van der Waals surface area contributed by atoms with Gasteiger partial charge in [-0.3, -0.25) is 9.69 Å². The van der Waals surface area contributed by atoms with Gasteiger partial charge in [-0.15, -0.1) is 0 Å². The Bertz CT molecular complexity index is 735. The van der Waals surface area contributed by atoms with Gasteiger partial charge in [0, 0.05) is 25.0 Å². The lowest BCUT2D eigenvalue weighted by atomic mass is 9.95. The number of carbonyl (C=O) groups is 2. The zero-order chi connectivity index (χ0) is 20.2. The number of benzene rings is 1. The minimum absolute atomic E-state index is 0.0292. The monoisotopic (exact) mass is 399 g/mol. The smallest absolute Gasteiger partial charge is 0.324 e. The fourth-order valence-electron chi connectivity index (χ4n) is 4.77. The highest BCUT2D eigenvalue weighted by atomic mass is 16.5. The first-order valence-corrected chi connectivity index (χ1v) is 11.2. The predicted molar refractivity (Wildman–Crippen MR) is 113 cm³/mol. The van der Waals surface area contributed by atoms with E-state index in [1.807, 2.05) is 34.9 Å². The van der Waals surface area contributed by atoms with E-state index in [4.69, 9.17) is 4.74 Å². The van der Waals surface area contributed by atoms with Crippen molar-refractivity contribution < 1.29 is 14.3 Å². The van der Waals surface area contributed by atoms with Crippen molar-refractivity contribution in [1.29, 1.82) is 0 Å². The summed E-state index contributed by atoms with van der Waals surface area (Å²) < 4.78 is 5.71. The van der Waals surface area contributed by atoms with Gasteiger partial charge in [-0.2, -0.15) is 0 Å². The van der Waals surface area contributed by atoms with E-state index in [1.54, 1.807) is 0 Å². The van der Waals surface area contributed by atoms with Crippen LogP contribution in [0.1, 0.15) is 56.9 Å². The van der Waals surface area contributed by atoms with Gasteiger partial charge in [0.2, 0.25) is 5.91 Å². The van der Waals surface area contributed by atoms with Crippen molar-refractivity contribution in [2.24, 2.45) is 5.92 Å². The van der Waals surface area contributed by atoms with Crippen LogP contribution in [0.4, 0.5) is 10.5 Å². The van der Waals surface area contributed by atoms with Crippen LogP contribution in [-0.4, -0.2) is 49.1 Å². The van der Waals surface area contributed by atoms with E-state index in [9.17, 15) is 9.59 Å². The van der Waals surface area contributed by atoms with Gasteiger partial charge >= 0.3 is 6.03 Å². The Morgan fingerprint density at radius 1 is 1.00 bits per heavy atom. The Balaban J connectivity index is 1.32. The number of aryl methyl sites for hydroxylation is 1. The number of amides is 3. The molecule has 29 heavy (non-hydrogen) atoms. The predicted octanol–water partition coefficient (Wildman–Crippen LogP) is 3.86. The Hall–Kier alpha value is -2.24. The molecule has 2 heterocycles. The van der Waals surface area contributed by atoms with E-state index >= 15 is 0 Å². The summed E-state index contributed by atoms with van der Waals surface area (Å²) in [7, 11) is 0.